The summed E-state index contributed by atoms with van der Waals surface area (Å²) in [5.41, 5.74) is 0.785. The Labute approximate surface area is 116 Å². The van der Waals surface area contributed by atoms with Gasteiger partial charge in [-0.3, -0.25) is 9.59 Å². The summed E-state index contributed by atoms with van der Waals surface area (Å²) in [4.78, 5) is 27.7. The number of benzene rings is 1. The van der Waals surface area contributed by atoms with Crippen LogP contribution in [0.3, 0.4) is 0 Å². The van der Waals surface area contributed by atoms with E-state index in [4.69, 9.17) is 4.74 Å². The molecule has 0 spiro atoms. The van der Waals surface area contributed by atoms with Crippen LogP contribution in [0.1, 0.15) is 13.8 Å². The van der Waals surface area contributed by atoms with Gasteiger partial charge in [-0.25, -0.2) is 0 Å². The number of aromatic nitrogens is 2. The first-order valence-electron chi connectivity index (χ1n) is 6.53. The van der Waals surface area contributed by atoms with Crippen molar-refractivity contribution in [2.75, 3.05) is 19.0 Å². The number of hydrogen-bond donors (Lipinski definition) is 3. The number of H-pyrrole nitrogens is 2. The molecular weight excluding hydrogens is 258 g/mol. The molecule has 1 atom stereocenters. The summed E-state index contributed by atoms with van der Waals surface area (Å²) < 4.78 is 5.19. The Morgan fingerprint density at radius 3 is 2.40 bits per heavy atom. The van der Waals surface area contributed by atoms with Crippen LogP contribution in [0, 0.1) is 5.92 Å². The third-order valence-electron chi connectivity index (χ3n) is 3.23. The molecule has 1 aromatic carbocycles. The van der Waals surface area contributed by atoms with Gasteiger partial charge in [0.25, 0.3) is 0 Å². The fraction of sp³-hybridized carbons (Fsp3) is 0.429. The number of anilines is 1. The molecular formula is C14H19N3O3. The molecule has 0 aliphatic rings. The van der Waals surface area contributed by atoms with Crippen LogP contribution in [-0.4, -0.2) is 29.7 Å². The summed E-state index contributed by atoms with van der Waals surface area (Å²) in [7, 11) is 1.67. The number of hydrogen-bond acceptors (Lipinski definition) is 4. The van der Waals surface area contributed by atoms with E-state index in [2.05, 4.69) is 29.1 Å². The second kappa shape index (κ2) is 5.92. The highest BCUT2D eigenvalue weighted by Gasteiger charge is 2.13. The van der Waals surface area contributed by atoms with Crippen molar-refractivity contribution in [3.63, 3.8) is 0 Å². The molecule has 0 aliphatic heterocycles. The smallest absolute Gasteiger partial charge is 0.314 e. The Balaban J connectivity index is 2.34. The first-order chi connectivity index (χ1) is 9.51. The third kappa shape index (κ3) is 3.08. The molecule has 0 saturated heterocycles. The average Bonchev–Trinajstić information content (AvgIpc) is 2.39. The maximum atomic E-state index is 11.3. The Hall–Kier alpha value is -2.08. The molecule has 3 N–H and O–H groups in total. The van der Waals surface area contributed by atoms with Crippen LogP contribution in [0.5, 0.6) is 0 Å². The predicted octanol–water partition coefficient (Wildman–Crippen LogP) is 1.30. The molecule has 6 heteroatoms. The normalized spacial score (nSPS) is 12.8. The van der Waals surface area contributed by atoms with E-state index in [-0.39, 0.29) is 6.04 Å². The lowest BCUT2D eigenvalue weighted by atomic mass is 10.0. The molecule has 108 valence electrons. The van der Waals surface area contributed by atoms with E-state index in [1.54, 1.807) is 19.2 Å². The Morgan fingerprint density at radius 2 is 1.80 bits per heavy atom. The first kappa shape index (κ1) is 14.3. The van der Waals surface area contributed by atoms with Crippen molar-refractivity contribution in [3.05, 3.63) is 38.9 Å². The SMILES string of the molecule is COCC(Nc1ccc2[nH]c(=O)c(=O)[nH]c2c1)C(C)C. The Morgan fingerprint density at radius 1 is 1.15 bits per heavy atom. The van der Waals surface area contributed by atoms with Gasteiger partial charge in [0.1, 0.15) is 0 Å². The van der Waals surface area contributed by atoms with Crippen molar-refractivity contribution in [3.8, 4) is 0 Å². The van der Waals surface area contributed by atoms with Gasteiger partial charge in [-0.05, 0) is 24.1 Å². The van der Waals surface area contributed by atoms with Gasteiger partial charge >= 0.3 is 11.1 Å². The number of ether oxygens (including phenoxy) is 1. The summed E-state index contributed by atoms with van der Waals surface area (Å²) in [5.74, 6) is 0.403. The van der Waals surface area contributed by atoms with E-state index in [9.17, 15) is 9.59 Å². The van der Waals surface area contributed by atoms with Gasteiger partial charge in [-0.15, -0.1) is 0 Å². The van der Waals surface area contributed by atoms with Gasteiger partial charge in [0, 0.05) is 12.8 Å². The lowest BCUT2D eigenvalue weighted by molar-refractivity contribution is 0.171. The molecule has 1 heterocycles. The first-order valence-corrected chi connectivity index (χ1v) is 6.53. The van der Waals surface area contributed by atoms with E-state index < -0.39 is 11.1 Å². The molecule has 0 saturated carbocycles. The molecule has 1 aromatic heterocycles. The zero-order valence-electron chi connectivity index (χ0n) is 11.8. The average molecular weight is 277 g/mol. The van der Waals surface area contributed by atoms with Crippen LogP contribution in [0.25, 0.3) is 11.0 Å². The van der Waals surface area contributed by atoms with Crippen LogP contribution in [0.2, 0.25) is 0 Å². The van der Waals surface area contributed by atoms with Crippen molar-refractivity contribution < 1.29 is 4.74 Å². The number of aromatic amines is 2. The van der Waals surface area contributed by atoms with Crippen LogP contribution in [0.15, 0.2) is 27.8 Å². The maximum absolute atomic E-state index is 11.3. The second-order valence-electron chi connectivity index (χ2n) is 5.12. The maximum Gasteiger partial charge on any atom is 0.314 e. The number of fused-ring (bicyclic) bond motifs is 1. The van der Waals surface area contributed by atoms with Gasteiger partial charge in [-0.1, -0.05) is 13.8 Å². The van der Waals surface area contributed by atoms with Crippen molar-refractivity contribution in [1.29, 1.82) is 0 Å². The molecule has 2 rings (SSSR count). The Bertz CT molecular complexity index is 703. The van der Waals surface area contributed by atoms with E-state index in [1.807, 2.05) is 6.07 Å². The minimum Gasteiger partial charge on any atom is -0.383 e. The van der Waals surface area contributed by atoms with E-state index in [0.29, 0.717) is 23.6 Å². The number of nitrogens with one attached hydrogen (secondary N) is 3. The fourth-order valence-electron chi connectivity index (χ4n) is 2.00. The monoisotopic (exact) mass is 277 g/mol. The molecule has 20 heavy (non-hydrogen) atoms. The van der Waals surface area contributed by atoms with E-state index >= 15 is 0 Å². The van der Waals surface area contributed by atoms with E-state index in [0.717, 1.165) is 5.69 Å². The quantitative estimate of drug-likeness (QED) is 0.719. The molecule has 0 bridgehead atoms. The minimum atomic E-state index is -0.646. The highest BCUT2D eigenvalue weighted by atomic mass is 16.5. The van der Waals surface area contributed by atoms with Crippen molar-refractivity contribution in [2.45, 2.75) is 19.9 Å². The third-order valence-corrected chi connectivity index (χ3v) is 3.23. The number of rotatable bonds is 5. The van der Waals surface area contributed by atoms with Gasteiger partial charge in [0.2, 0.25) is 0 Å². The molecule has 2 aromatic rings. The molecule has 6 nitrogen and oxygen atoms in total. The van der Waals surface area contributed by atoms with Gasteiger partial charge < -0.3 is 20.0 Å². The highest BCUT2D eigenvalue weighted by molar-refractivity contribution is 5.78. The minimum absolute atomic E-state index is 0.173. The van der Waals surface area contributed by atoms with Crippen molar-refractivity contribution in [1.82, 2.24) is 9.97 Å². The summed E-state index contributed by atoms with van der Waals surface area (Å²) in [6.45, 7) is 4.81. The molecule has 0 amide bonds. The van der Waals surface area contributed by atoms with Crippen molar-refractivity contribution in [2.24, 2.45) is 5.92 Å². The highest BCUT2D eigenvalue weighted by Crippen LogP contribution is 2.17. The lowest BCUT2D eigenvalue weighted by Gasteiger charge is -2.22. The Kier molecular flexibility index (Phi) is 4.24. The van der Waals surface area contributed by atoms with E-state index in [1.165, 1.54) is 0 Å². The zero-order valence-corrected chi connectivity index (χ0v) is 11.8. The summed E-state index contributed by atoms with van der Waals surface area (Å²) in [6, 6.07) is 5.60. The topological polar surface area (TPSA) is 87.0 Å². The standard InChI is InChI=1S/C14H19N3O3/c1-8(2)12(7-20-3)15-9-4-5-10-11(6-9)17-14(19)13(18)16-10/h4-6,8,12,15H,7H2,1-3H3,(H,16,18)(H,17,19). The lowest BCUT2D eigenvalue weighted by Crippen LogP contribution is -2.31. The second-order valence-corrected chi connectivity index (χ2v) is 5.12. The van der Waals surface area contributed by atoms with Crippen LogP contribution < -0.4 is 16.4 Å². The molecule has 0 fully saturated rings. The van der Waals surface area contributed by atoms with Gasteiger partial charge in [0.05, 0.1) is 23.7 Å². The predicted molar refractivity (Wildman–Crippen MR) is 79.3 cm³/mol. The van der Waals surface area contributed by atoms with Crippen molar-refractivity contribution >= 4 is 16.7 Å². The van der Waals surface area contributed by atoms with Crippen LogP contribution in [0.4, 0.5) is 5.69 Å². The molecule has 0 radical (unpaired) electrons. The van der Waals surface area contributed by atoms with Crippen LogP contribution in [-0.2, 0) is 4.74 Å². The van der Waals surface area contributed by atoms with Gasteiger partial charge in [-0.2, -0.15) is 0 Å². The summed E-state index contributed by atoms with van der Waals surface area (Å²) in [5, 5.41) is 3.37. The molecule has 1 unspecified atom stereocenters. The summed E-state index contributed by atoms with van der Waals surface area (Å²) >= 11 is 0. The number of methoxy groups -OCH3 is 1. The van der Waals surface area contributed by atoms with Crippen LogP contribution >= 0.6 is 0 Å². The summed E-state index contributed by atoms with van der Waals surface area (Å²) in [6.07, 6.45) is 0. The van der Waals surface area contributed by atoms with Gasteiger partial charge in [0.15, 0.2) is 0 Å². The zero-order chi connectivity index (χ0) is 14.7. The molecule has 0 aliphatic carbocycles. The fourth-order valence-corrected chi connectivity index (χ4v) is 2.00. The largest absolute Gasteiger partial charge is 0.383 e.